The van der Waals surface area contributed by atoms with Gasteiger partial charge in [-0.1, -0.05) is 22.0 Å². The van der Waals surface area contributed by atoms with Crippen LogP contribution in [0.2, 0.25) is 0 Å². The van der Waals surface area contributed by atoms with E-state index < -0.39 is 0 Å². The van der Waals surface area contributed by atoms with Crippen molar-refractivity contribution in [3.63, 3.8) is 0 Å². The third-order valence-corrected chi connectivity index (χ3v) is 2.19. The van der Waals surface area contributed by atoms with E-state index in [9.17, 15) is 0 Å². The maximum atomic E-state index is 5.26. The summed E-state index contributed by atoms with van der Waals surface area (Å²) in [5.41, 5.74) is 0. The summed E-state index contributed by atoms with van der Waals surface area (Å²) < 4.78 is 5.26. The van der Waals surface area contributed by atoms with Crippen LogP contribution in [0.1, 0.15) is 13.3 Å². The molecule has 60 valence electrons. The summed E-state index contributed by atoms with van der Waals surface area (Å²) in [6.07, 6.45) is 2.97. The number of halogens is 1. The smallest absolute Gasteiger partial charge is 0.0505 e. The zero-order valence-corrected chi connectivity index (χ0v) is 8.06. The number of rotatable bonds is 6. The zero-order valence-electron chi connectivity index (χ0n) is 6.48. The largest absolute Gasteiger partial charge is 0.381 e. The summed E-state index contributed by atoms with van der Waals surface area (Å²) in [4.78, 5) is 0. The van der Waals surface area contributed by atoms with Crippen molar-refractivity contribution < 1.29 is 4.74 Å². The van der Waals surface area contributed by atoms with Gasteiger partial charge in [0.15, 0.2) is 0 Å². The van der Waals surface area contributed by atoms with Gasteiger partial charge in [0.25, 0.3) is 0 Å². The molecule has 0 aromatic carbocycles. The van der Waals surface area contributed by atoms with Gasteiger partial charge >= 0.3 is 0 Å². The first kappa shape index (κ1) is 10.2. The predicted molar refractivity (Wildman–Crippen MR) is 48.6 cm³/mol. The summed E-state index contributed by atoms with van der Waals surface area (Å²) >= 11 is 3.42. The average Bonchev–Trinajstić information content (AvgIpc) is 1.98. The van der Waals surface area contributed by atoms with Gasteiger partial charge in [0, 0.05) is 11.9 Å². The molecule has 0 aliphatic heterocycles. The Morgan fingerprint density at radius 3 is 2.80 bits per heavy atom. The topological polar surface area (TPSA) is 9.23 Å². The van der Waals surface area contributed by atoms with Crippen molar-refractivity contribution >= 4 is 15.9 Å². The van der Waals surface area contributed by atoms with E-state index in [4.69, 9.17) is 4.74 Å². The molecule has 1 atom stereocenters. The van der Waals surface area contributed by atoms with E-state index in [0.717, 1.165) is 25.0 Å². The standard InChI is InChI=1S/C8H15BrO/c1-3-5-8(6-9)7-10-4-2/h3,8H,1,4-7H2,2H3. The van der Waals surface area contributed by atoms with Crippen LogP contribution in [0, 0.1) is 5.92 Å². The van der Waals surface area contributed by atoms with Crippen molar-refractivity contribution in [1.29, 1.82) is 0 Å². The summed E-state index contributed by atoms with van der Waals surface area (Å²) in [5.74, 6) is 0.595. The minimum Gasteiger partial charge on any atom is -0.381 e. The molecule has 0 saturated carbocycles. The highest BCUT2D eigenvalue weighted by molar-refractivity contribution is 9.09. The molecule has 0 radical (unpaired) electrons. The third kappa shape index (κ3) is 5.00. The number of alkyl halides is 1. The lowest BCUT2D eigenvalue weighted by molar-refractivity contribution is 0.119. The van der Waals surface area contributed by atoms with Crippen LogP contribution in [-0.2, 0) is 4.74 Å². The van der Waals surface area contributed by atoms with Crippen molar-refractivity contribution in [2.24, 2.45) is 5.92 Å². The molecule has 0 rings (SSSR count). The minimum atomic E-state index is 0.595. The van der Waals surface area contributed by atoms with Crippen LogP contribution in [0.4, 0.5) is 0 Å². The van der Waals surface area contributed by atoms with Gasteiger partial charge in [0.2, 0.25) is 0 Å². The van der Waals surface area contributed by atoms with E-state index in [1.54, 1.807) is 0 Å². The van der Waals surface area contributed by atoms with Crippen molar-refractivity contribution in [3.8, 4) is 0 Å². The molecule has 10 heavy (non-hydrogen) atoms. The van der Waals surface area contributed by atoms with Gasteiger partial charge < -0.3 is 4.74 Å². The second-order valence-corrected chi connectivity index (χ2v) is 2.85. The molecule has 0 heterocycles. The lowest BCUT2D eigenvalue weighted by Gasteiger charge is -2.10. The number of hydrogen-bond acceptors (Lipinski definition) is 1. The van der Waals surface area contributed by atoms with Crippen molar-refractivity contribution in [3.05, 3.63) is 12.7 Å². The monoisotopic (exact) mass is 206 g/mol. The molecule has 0 aliphatic carbocycles. The predicted octanol–water partition coefficient (Wildman–Crippen LogP) is 2.61. The van der Waals surface area contributed by atoms with Crippen molar-refractivity contribution in [2.75, 3.05) is 18.5 Å². The molecule has 0 aromatic heterocycles. The van der Waals surface area contributed by atoms with E-state index >= 15 is 0 Å². The second-order valence-electron chi connectivity index (χ2n) is 2.20. The highest BCUT2D eigenvalue weighted by Gasteiger charge is 2.03. The van der Waals surface area contributed by atoms with Gasteiger partial charge in [-0.25, -0.2) is 0 Å². The summed E-state index contributed by atoms with van der Waals surface area (Å²) in [6, 6.07) is 0. The van der Waals surface area contributed by atoms with Crippen LogP contribution in [0.5, 0.6) is 0 Å². The first-order chi connectivity index (χ1) is 4.85. The van der Waals surface area contributed by atoms with E-state index in [1.165, 1.54) is 0 Å². The molecule has 0 amide bonds. The summed E-state index contributed by atoms with van der Waals surface area (Å²) in [6.45, 7) is 7.34. The highest BCUT2D eigenvalue weighted by atomic mass is 79.9. The molecule has 0 aromatic rings. The van der Waals surface area contributed by atoms with Crippen LogP contribution in [0.15, 0.2) is 12.7 Å². The Kier molecular flexibility index (Phi) is 7.42. The quantitative estimate of drug-likeness (QED) is 0.480. The summed E-state index contributed by atoms with van der Waals surface area (Å²) in [5, 5.41) is 0.999. The van der Waals surface area contributed by atoms with Crippen LogP contribution in [0.3, 0.4) is 0 Å². The molecule has 1 nitrogen and oxygen atoms in total. The molecule has 0 spiro atoms. The van der Waals surface area contributed by atoms with Crippen LogP contribution >= 0.6 is 15.9 Å². The molecule has 0 saturated heterocycles. The zero-order chi connectivity index (χ0) is 7.82. The Morgan fingerprint density at radius 2 is 2.40 bits per heavy atom. The fraction of sp³-hybridized carbons (Fsp3) is 0.750. The Balaban J connectivity index is 3.29. The van der Waals surface area contributed by atoms with Gasteiger partial charge in [-0.05, 0) is 19.3 Å². The average molecular weight is 207 g/mol. The Morgan fingerprint density at radius 1 is 1.70 bits per heavy atom. The molecule has 0 bridgehead atoms. The first-order valence-corrected chi connectivity index (χ1v) is 4.71. The maximum Gasteiger partial charge on any atom is 0.0505 e. The Bertz CT molecular complexity index is 83.3. The third-order valence-electron chi connectivity index (χ3n) is 1.28. The molecular formula is C8H15BrO. The van der Waals surface area contributed by atoms with Crippen LogP contribution in [0.25, 0.3) is 0 Å². The van der Waals surface area contributed by atoms with Gasteiger partial charge in [-0.3, -0.25) is 0 Å². The van der Waals surface area contributed by atoms with E-state index in [2.05, 4.69) is 22.5 Å². The molecule has 0 aliphatic rings. The number of allylic oxidation sites excluding steroid dienone is 1. The van der Waals surface area contributed by atoms with Gasteiger partial charge in [-0.15, -0.1) is 6.58 Å². The molecule has 2 heteroatoms. The van der Waals surface area contributed by atoms with Crippen molar-refractivity contribution in [1.82, 2.24) is 0 Å². The molecule has 0 fully saturated rings. The SMILES string of the molecule is C=CCC(CBr)COCC. The molecule has 0 N–H and O–H groups in total. The lowest BCUT2D eigenvalue weighted by atomic mass is 10.1. The first-order valence-electron chi connectivity index (χ1n) is 3.59. The van der Waals surface area contributed by atoms with E-state index in [0.29, 0.717) is 5.92 Å². The van der Waals surface area contributed by atoms with Gasteiger partial charge in [0.05, 0.1) is 6.61 Å². The van der Waals surface area contributed by atoms with Crippen LogP contribution in [-0.4, -0.2) is 18.5 Å². The van der Waals surface area contributed by atoms with Crippen molar-refractivity contribution in [2.45, 2.75) is 13.3 Å². The summed E-state index contributed by atoms with van der Waals surface area (Å²) in [7, 11) is 0. The minimum absolute atomic E-state index is 0.595. The van der Waals surface area contributed by atoms with Gasteiger partial charge in [0.1, 0.15) is 0 Å². The second kappa shape index (κ2) is 7.29. The Hall–Kier alpha value is 0.180. The number of hydrogen-bond donors (Lipinski definition) is 0. The normalized spacial score (nSPS) is 13.0. The van der Waals surface area contributed by atoms with E-state index in [1.807, 2.05) is 13.0 Å². The molecule has 1 unspecified atom stereocenters. The maximum absolute atomic E-state index is 5.26. The fourth-order valence-electron chi connectivity index (χ4n) is 0.696. The van der Waals surface area contributed by atoms with Crippen LogP contribution < -0.4 is 0 Å². The molecular weight excluding hydrogens is 192 g/mol. The fourth-order valence-corrected chi connectivity index (χ4v) is 1.15. The highest BCUT2D eigenvalue weighted by Crippen LogP contribution is 2.07. The lowest BCUT2D eigenvalue weighted by Crippen LogP contribution is -2.09. The van der Waals surface area contributed by atoms with Gasteiger partial charge in [-0.2, -0.15) is 0 Å². The number of ether oxygens (including phenoxy) is 1. The van der Waals surface area contributed by atoms with E-state index in [-0.39, 0.29) is 0 Å². The Labute approximate surface area is 71.6 Å².